The number of piperidine rings is 1. The molecule has 0 saturated carbocycles. The highest BCUT2D eigenvalue weighted by Gasteiger charge is 2.32. The Morgan fingerprint density at radius 1 is 1.17 bits per heavy atom. The van der Waals surface area contributed by atoms with Gasteiger partial charge in [-0.3, -0.25) is 9.67 Å². The van der Waals surface area contributed by atoms with Gasteiger partial charge in [0.25, 0.3) is 0 Å². The van der Waals surface area contributed by atoms with Crippen LogP contribution in [0.4, 0.5) is 0 Å². The maximum absolute atomic E-state index is 12.8. The molecule has 23 heavy (non-hydrogen) atoms. The Hall–Kier alpha value is -1.73. The first-order valence-corrected chi connectivity index (χ1v) is 9.24. The van der Waals surface area contributed by atoms with Crippen molar-refractivity contribution in [1.82, 2.24) is 19.1 Å². The minimum absolute atomic E-state index is 0.318. The Bertz CT molecular complexity index is 805. The number of sulfonamides is 1. The summed E-state index contributed by atoms with van der Waals surface area (Å²) < 4.78 is 28.8. The third-order valence-corrected chi connectivity index (χ3v) is 6.77. The summed E-state index contributed by atoms with van der Waals surface area (Å²) in [7, 11) is -1.69. The third-order valence-electron chi connectivity index (χ3n) is 4.77. The summed E-state index contributed by atoms with van der Waals surface area (Å²) in [5.74, 6) is 0.402. The second kappa shape index (κ2) is 6.05. The maximum Gasteiger partial charge on any atom is 0.246 e. The lowest BCUT2D eigenvalue weighted by atomic mass is 9.88. The minimum Gasteiger partial charge on any atom is -0.272 e. The van der Waals surface area contributed by atoms with Crippen LogP contribution in [-0.2, 0) is 17.1 Å². The van der Waals surface area contributed by atoms with Crippen molar-refractivity contribution in [1.29, 1.82) is 0 Å². The maximum atomic E-state index is 12.8. The van der Waals surface area contributed by atoms with Gasteiger partial charge in [-0.2, -0.15) is 9.40 Å². The van der Waals surface area contributed by atoms with Gasteiger partial charge in [0.2, 0.25) is 10.0 Å². The van der Waals surface area contributed by atoms with E-state index in [0.29, 0.717) is 29.6 Å². The number of aryl methyl sites for hydroxylation is 2. The van der Waals surface area contributed by atoms with Crippen molar-refractivity contribution in [2.45, 2.75) is 37.5 Å². The van der Waals surface area contributed by atoms with Crippen molar-refractivity contribution in [3.05, 3.63) is 41.5 Å². The molecule has 0 amide bonds. The molecule has 3 rings (SSSR count). The molecule has 0 bridgehead atoms. The molecule has 1 fully saturated rings. The zero-order valence-electron chi connectivity index (χ0n) is 13.7. The summed E-state index contributed by atoms with van der Waals surface area (Å²) in [5, 5.41) is 4.06. The lowest BCUT2D eigenvalue weighted by molar-refractivity contribution is 0.319. The SMILES string of the molecule is Cc1cnccc1C1CCN(S(=O)(=O)c2cnn(C)c2C)CC1. The molecule has 124 valence electrons. The van der Waals surface area contributed by atoms with Crippen LogP contribution in [0, 0.1) is 13.8 Å². The average molecular weight is 334 g/mol. The van der Waals surface area contributed by atoms with E-state index in [-0.39, 0.29) is 0 Å². The molecule has 0 N–H and O–H groups in total. The molecule has 1 aliphatic heterocycles. The van der Waals surface area contributed by atoms with Gasteiger partial charge in [0, 0.05) is 32.5 Å². The lowest BCUT2D eigenvalue weighted by Gasteiger charge is -2.31. The fraction of sp³-hybridized carbons (Fsp3) is 0.500. The lowest BCUT2D eigenvalue weighted by Crippen LogP contribution is -2.38. The Balaban J connectivity index is 1.76. The van der Waals surface area contributed by atoms with Crippen LogP contribution in [0.3, 0.4) is 0 Å². The molecule has 0 radical (unpaired) electrons. The van der Waals surface area contributed by atoms with E-state index in [1.807, 2.05) is 12.4 Å². The summed E-state index contributed by atoms with van der Waals surface area (Å²) in [6.07, 6.45) is 6.80. The first-order chi connectivity index (χ1) is 10.9. The van der Waals surface area contributed by atoms with Crippen LogP contribution in [0.5, 0.6) is 0 Å². The standard InChI is InChI=1S/C16H22N4O2S/c1-12-10-17-7-4-15(12)14-5-8-20(9-6-14)23(21,22)16-11-18-19(3)13(16)2/h4,7,10-11,14H,5-6,8-9H2,1-3H3. The number of rotatable bonds is 3. The summed E-state index contributed by atoms with van der Waals surface area (Å²) in [6, 6.07) is 2.05. The molecule has 7 heteroatoms. The van der Waals surface area contributed by atoms with Crippen LogP contribution in [0.1, 0.15) is 35.6 Å². The van der Waals surface area contributed by atoms with Gasteiger partial charge in [-0.25, -0.2) is 8.42 Å². The predicted molar refractivity (Wildman–Crippen MR) is 87.7 cm³/mol. The second-order valence-corrected chi connectivity index (χ2v) is 8.03. The Morgan fingerprint density at radius 2 is 1.87 bits per heavy atom. The molecule has 0 aromatic carbocycles. The van der Waals surface area contributed by atoms with Crippen LogP contribution in [0.2, 0.25) is 0 Å². The molecule has 2 aromatic heterocycles. The van der Waals surface area contributed by atoms with Gasteiger partial charge in [-0.05, 0) is 49.8 Å². The molecule has 2 aromatic rings. The number of nitrogens with zero attached hydrogens (tertiary/aromatic N) is 4. The Morgan fingerprint density at radius 3 is 2.43 bits per heavy atom. The van der Waals surface area contributed by atoms with Gasteiger partial charge in [0.15, 0.2) is 0 Å². The molecular weight excluding hydrogens is 312 g/mol. The summed E-state index contributed by atoms with van der Waals surface area (Å²) in [5.41, 5.74) is 3.14. The Labute approximate surface area is 137 Å². The Kier molecular flexibility index (Phi) is 4.25. The van der Waals surface area contributed by atoms with Gasteiger partial charge < -0.3 is 0 Å². The normalized spacial score (nSPS) is 17.5. The quantitative estimate of drug-likeness (QED) is 0.861. The van der Waals surface area contributed by atoms with Crippen LogP contribution in [0.15, 0.2) is 29.6 Å². The smallest absolute Gasteiger partial charge is 0.246 e. The van der Waals surface area contributed by atoms with E-state index in [2.05, 4.69) is 23.1 Å². The average Bonchev–Trinajstić information content (AvgIpc) is 2.88. The second-order valence-electron chi connectivity index (χ2n) is 6.13. The van der Waals surface area contributed by atoms with Crippen molar-refractivity contribution < 1.29 is 8.42 Å². The van der Waals surface area contributed by atoms with Gasteiger partial charge in [-0.1, -0.05) is 0 Å². The van der Waals surface area contributed by atoms with E-state index in [4.69, 9.17) is 0 Å². The van der Waals surface area contributed by atoms with Gasteiger partial charge in [0.05, 0.1) is 11.9 Å². The zero-order valence-corrected chi connectivity index (χ0v) is 14.5. The van der Waals surface area contributed by atoms with E-state index in [9.17, 15) is 8.42 Å². The molecule has 0 unspecified atom stereocenters. The van der Waals surface area contributed by atoms with E-state index >= 15 is 0 Å². The van der Waals surface area contributed by atoms with E-state index in [1.165, 1.54) is 17.3 Å². The van der Waals surface area contributed by atoms with Crippen molar-refractivity contribution in [3.63, 3.8) is 0 Å². The first-order valence-electron chi connectivity index (χ1n) is 7.80. The monoisotopic (exact) mass is 334 g/mol. The highest BCUT2D eigenvalue weighted by Crippen LogP contribution is 2.32. The van der Waals surface area contributed by atoms with Gasteiger partial charge in [-0.15, -0.1) is 0 Å². The zero-order chi connectivity index (χ0) is 16.6. The topological polar surface area (TPSA) is 68.1 Å². The van der Waals surface area contributed by atoms with Crippen LogP contribution in [-0.4, -0.2) is 40.6 Å². The molecule has 0 spiro atoms. The van der Waals surface area contributed by atoms with Crippen molar-refractivity contribution >= 4 is 10.0 Å². The van der Waals surface area contributed by atoms with Gasteiger partial charge >= 0.3 is 0 Å². The van der Waals surface area contributed by atoms with Crippen LogP contribution < -0.4 is 0 Å². The highest BCUT2D eigenvalue weighted by atomic mass is 32.2. The first kappa shape index (κ1) is 16.1. The molecule has 0 atom stereocenters. The molecule has 6 nitrogen and oxygen atoms in total. The summed E-state index contributed by atoms with van der Waals surface area (Å²) >= 11 is 0. The largest absolute Gasteiger partial charge is 0.272 e. The van der Waals surface area contributed by atoms with Crippen LogP contribution in [0.25, 0.3) is 0 Å². The number of aromatic nitrogens is 3. The van der Waals surface area contributed by atoms with E-state index in [0.717, 1.165) is 12.8 Å². The molecule has 3 heterocycles. The number of hydrogen-bond donors (Lipinski definition) is 0. The van der Waals surface area contributed by atoms with Crippen LogP contribution >= 0.6 is 0 Å². The van der Waals surface area contributed by atoms with E-state index in [1.54, 1.807) is 23.0 Å². The molecule has 0 aliphatic carbocycles. The van der Waals surface area contributed by atoms with E-state index < -0.39 is 10.0 Å². The van der Waals surface area contributed by atoms with Crippen molar-refractivity contribution in [2.75, 3.05) is 13.1 Å². The summed E-state index contributed by atoms with van der Waals surface area (Å²) in [4.78, 5) is 4.45. The minimum atomic E-state index is -3.45. The number of hydrogen-bond acceptors (Lipinski definition) is 4. The highest BCUT2D eigenvalue weighted by molar-refractivity contribution is 7.89. The summed E-state index contributed by atoms with van der Waals surface area (Å²) in [6.45, 7) is 4.93. The molecule has 1 aliphatic rings. The predicted octanol–water partition coefficient (Wildman–Crippen LogP) is 2.00. The third kappa shape index (κ3) is 2.90. The molecular formula is C16H22N4O2S. The number of pyridine rings is 1. The van der Waals surface area contributed by atoms with Crippen molar-refractivity contribution in [3.8, 4) is 0 Å². The van der Waals surface area contributed by atoms with Crippen molar-refractivity contribution in [2.24, 2.45) is 7.05 Å². The van der Waals surface area contributed by atoms with Gasteiger partial charge in [0.1, 0.15) is 4.90 Å². The fourth-order valence-electron chi connectivity index (χ4n) is 3.22. The fourth-order valence-corrected chi connectivity index (χ4v) is 4.88. The molecule has 1 saturated heterocycles.